The standard InChI is InChI=1S/C15H9BrF3N3O/c16-11-8(4-3-5-9(11)15(17,18)19)12-13(14(20)23)22-7-2-1-6-10(22)21-12/h1-7H,(H2,20,23). The van der Waals surface area contributed by atoms with E-state index in [9.17, 15) is 18.0 Å². The second kappa shape index (κ2) is 5.38. The maximum absolute atomic E-state index is 13.1. The Bertz CT molecular complexity index is 918. The molecule has 23 heavy (non-hydrogen) atoms. The van der Waals surface area contributed by atoms with Crippen LogP contribution in [0.1, 0.15) is 16.1 Å². The first-order valence-electron chi connectivity index (χ1n) is 6.43. The average molecular weight is 384 g/mol. The number of aromatic nitrogens is 2. The second-order valence-corrected chi connectivity index (χ2v) is 5.56. The van der Waals surface area contributed by atoms with Crippen molar-refractivity contribution < 1.29 is 18.0 Å². The van der Waals surface area contributed by atoms with E-state index in [1.165, 1.54) is 16.5 Å². The fourth-order valence-electron chi connectivity index (χ4n) is 2.35. The van der Waals surface area contributed by atoms with Gasteiger partial charge in [-0.1, -0.05) is 18.2 Å². The smallest absolute Gasteiger partial charge is 0.364 e. The minimum atomic E-state index is -4.53. The van der Waals surface area contributed by atoms with Crippen LogP contribution in [0.15, 0.2) is 47.1 Å². The molecular weight excluding hydrogens is 375 g/mol. The van der Waals surface area contributed by atoms with Crippen LogP contribution in [0.4, 0.5) is 13.2 Å². The molecule has 118 valence electrons. The van der Waals surface area contributed by atoms with Gasteiger partial charge in [-0.15, -0.1) is 0 Å². The molecule has 0 saturated carbocycles. The van der Waals surface area contributed by atoms with Gasteiger partial charge in [0.25, 0.3) is 5.91 Å². The topological polar surface area (TPSA) is 60.4 Å². The minimum Gasteiger partial charge on any atom is -0.364 e. The summed E-state index contributed by atoms with van der Waals surface area (Å²) in [5, 5.41) is 0. The van der Waals surface area contributed by atoms with E-state index in [1.807, 2.05) is 0 Å². The monoisotopic (exact) mass is 383 g/mol. The quantitative estimate of drug-likeness (QED) is 0.729. The molecule has 8 heteroatoms. The van der Waals surface area contributed by atoms with E-state index < -0.39 is 17.6 Å². The largest absolute Gasteiger partial charge is 0.417 e. The highest BCUT2D eigenvalue weighted by Gasteiger charge is 2.34. The van der Waals surface area contributed by atoms with Gasteiger partial charge in [-0.2, -0.15) is 13.2 Å². The maximum Gasteiger partial charge on any atom is 0.417 e. The van der Waals surface area contributed by atoms with Crippen molar-refractivity contribution in [2.75, 3.05) is 0 Å². The number of amides is 1. The van der Waals surface area contributed by atoms with Gasteiger partial charge in [-0.3, -0.25) is 9.20 Å². The fraction of sp³-hybridized carbons (Fsp3) is 0.0667. The summed E-state index contributed by atoms with van der Waals surface area (Å²) in [7, 11) is 0. The Morgan fingerprint density at radius 1 is 1.17 bits per heavy atom. The molecule has 0 radical (unpaired) electrons. The van der Waals surface area contributed by atoms with Gasteiger partial charge >= 0.3 is 6.18 Å². The Balaban J connectivity index is 2.34. The van der Waals surface area contributed by atoms with Gasteiger partial charge in [0.05, 0.1) is 5.56 Å². The van der Waals surface area contributed by atoms with Gasteiger partial charge in [0.15, 0.2) is 0 Å². The third-order valence-corrected chi connectivity index (χ3v) is 4.18. The number of hydrogen-bond donors (Lipinski definition) is 1. The van der Waals surface area contributed by atoms with Gasteiger partial charge in [0.1, 0.15) is 17.0 Å². The van der Waals surface area contributed by atoms with E-state index in [1.54, 1.807) is 24.4 Å². The van der Waals surface area contributed by atoms with Crippen molar-refractivity contribution in [1.29, 1.82) is 0 Å². The number of alkyl halides is 3. The number of fused-ring (bicyclic) bond motifs is 1. The Hall–Kier alpha value is -2.35. The number of carbonyl (C=O) groups is 1. The Morgan fingerprint density at radius 3 is 2.57 bits per heavy atom. The van der Waals surface area contributed by atoms with E-state index in [4.69, 9.17) is 5.73 Å². The van der Waals surface area contributed by atoms with E-state index in [0.29, 0.717) is 5.65 Å². The number of benzene rings is 1. The Labute approximate surface area is 136 Å². The van der Waals surface area contributed by atoms with Gasteiger partial charge in [-0.25, -0.2) is 4.98 Å². The van der Waals surface area contributed by atoms with Crippen LogP contribution in [0.25, 0.3) is 16.9 Å². The molecule has 0 aliphatic heterocycles. The van der Waals surface area contributed by atoms with Gasteiger partial charge in [-0.05, 0) is 34.1 Å². The van der Waals surface area contributed by atoms with Gasteiger partial charge in [0, 0.05) is 16.2 Å². The summed E-state index contributed by atoms with van der Waals surface area (Å²) in [5.41, 5.74) is 5.25. The third kappa shape index (κ3) is 2.59. The highest BCUT2D eigenvalue weighted by Crippen LogP contribution is 2.40. The SMILES string of the molecule is NC(=O)c1c(-c2cccc(C(F)(F)F)c2Br)nc2ccccn12. The molecule has 2 N–H and O–H groups in total. The number of halogens is 4. The molecule has 1 amide bonds. The molecule has 0 fully saturated rings. The molecule has 0 aliphatic rings. The van der Waals surface area contributed by atoms with E-state index in [-0.39, 0.29) is 21.4 Å². The number of pyridine rings is 1. The van der Waals surface area contributed by atoms with E-state index in [0.717, 1.165) is 6.07 Å². The zero-order valence-electron chi connectivity index (χ0n) is 11.4. The van der Waals surface area contributed by atoms with Crippen LogP contribution in [-0.4, -0.2) is 15.3 Å². The van der Waals surface area contributed by atoms with Gasteiger partial charge < -0.3 is 5.73 Å². The number of primary amides is 1. The number of nitrogens with zero attached hydrogens (tertiary/aromatic N) is 2. The molecular formula is C15H9BrF3N3O. The third-order valence-electron chi connectivity index (χ3n) is 3.32. The van der Waals surface area contributed by atoms with Crippen molar-refractivity contribution >= 4 is 27.5 Å². The molecule has 0 unspecified atom stereocenters. The van der Waals surface area contributed by atoms with Crippen LogP contribution in [0.3, 0.4) is 0 Å². The number of hydrogen-bond acceptors (Lipinski definition) is 2. The summed E-state index contributed by atoms with van der Waals surface area (Å²) >= 11 is 2.97. The lowest BCUT2D eigenvalue weighted by molar-refractivity contribution is -0.138. The zero-order valence-corrected chi connectivity index (χ0v) is 13.0. The highest BCUT2D eigenvalue weighted by molar-refractivity contribution is 9.10. The van der Waals surface area contributed by atoms with Crippen LogP contribution in [0.2, 0.25) is 0 Å². The molecule has 0 bridgehead atoms. The summed E-state index contributed by atoms with van der Waals surface area (Å²) in [6, 6.07) is 8.68. The predicted molar refractivity (Wildman–Crippen MR) is 81.8 cm³/mol. The predicted octanol–water partition coefficient (Wildman–Crippen LogP) is 3.88. The molecule has 4 nitrogen and oxygen atoms in total. The van der Waals surface area contributed by atoms with Crippen molar-refractivity contribution in [3.05, 3.63) is 58.3 Å². The number of imidazole rings is 1. The Morgan fingerprint density at radius 2 is 1.91 bits per heavy atom. The summed E-state index contributed by atoms with van der Waals surface area (Å²) in [5.74, 6) is -0.775. The van der Waals surface area contributed by atoms with Crippen molar-refractivity contribution in [2.45, 2.75) is 6.18 Å². The lowest BCUT2D eigenvalue weighted by Gasteiger charge is -2.12. The molecule has 3 rings (SSSR count). The maximum atomic E-state index is 13.1. The van der Waals surface area contributed by atoms with Crippen LogP contribution in [0.5, 0.6) is 0 Å². The summed E-state index contributed by atoms with van der Waals surface area (Å²) in [6.07, 6.45) is -2.95. The number of rotatable bonds is 2. The highest BCUT2D eigenvalue weighted by atomic mass is 79.9. The van der Waals surface area contributed by atoms with Crippen LogP contribution >= 0.6 is 15.9 Å². The first-order chi connectivity index (χ1) is 10.8. The van der Waals surface area contributed by atoms with E-state index in [2.05, 4.69) is 20.9 Å². The fourth-order valence-corrected chi connectivity index (χ4v) is 3.03. The zero-order chi connectivity index (χ0) is 16.8. The average Bonchev–Trinajstić information content (AvgIpc) is 2.85. The molecule has 0 aliphatic carbocycles. The first-order valence-corrected chi connectivity index (χ1v) is 7.23. The first kappa shape index (κ1) is 15.5. The van der Waals surface area contributed by atoms with Crippen molar-refractivity contribution in [3.63, 3.8) is 0 Å². The van der Waals surface area contributed by atoms with Crippen LogP contribution in [-0.2, 0) is 6.18 Å². The normalized spacial score (nSPS) is 11.8. The number of nitrogens with two attached hydrogens (primary N) is 1. The lowest BCUT2D eigenvalue weighted by atomic mass is 10.1. The summed E-state index contributed by atoms with van der Waals surface area (Å²) < 4.78 is 40.4. The van der Waals surface area contributed by atoms with E-state index >= 15 is 0 Å². The Kier molecular flexibility index (Phi) is 3.63. The summed E-state index contributed by atoms with van der Waals surface area (Å²) in [6.45, 7) is 0. The molecule has 2 aromatic heterocycles. The van der Waals surface area contributed by atoms with Crippen molar-refractivity contribution in [2.24, 2.45) is 5.73 Å². The van der Waals surface area contributed by atoms with Crippen LogP contribution in [0, 0.1) is 0 Å². The summed E-state index contributed by atoms with van der Waals surface area (Å²) in [4.78, 5) is 16.0. The van der Waals surface area contributed by atoms with Crippen molar-refractivity contribution in [1.82, 2.24) is 9.38 Å². The second-order valence-electron chi connectivity index (χ2n) is 4.77. The van der Waals surface area contributed by atoms with Crippen LogP contribution < -0.4 is 5.73 Å². The molecule has 0 atom stereocenters. The lowest BCUT2D eigenvalue weighted by Crippen LogP contribution is -2.15. The van der Waals surface area contributed by atoms with Gasteiger partial charge in [0.2, 0.25) is 0 Å². The molecule has 1 aromatic carbocycles. The minimum absolute atomic E-state index is 0.0284. The molecule has 0 saturated heterocycles. The molecule has 0 spiro atoms. The molecule has 3 aromatic rings. The van der Waals surface area contributed by atoms with Crippen molar-refractivity contribution in [3.8, 4) is 11.3 Å². The molecule has 2 heterocycles. The number of carbonyl (C=O) groups excluding carboxylic acids is 1.